The maximum absolute atomic E-state index is 5.87. The molecule has 0 aliphatic heterocycles. The number of aliphatic imine (C=N–C) groups is 1. The summed E-state index contributed by atoms with van der Waals surface area (Å²) in [7, 11) is 3.79. The molecule has 7 heteroatoms. The molecular weight excluding hydrogens is 340 g/mol. The Morgan fingerprint density at radius 3 is 2.81 bits per heavy atom. The minimum absolute atomic E-state index is 0.594. The summed E-state index contributed by atoms with van der Waals surface area (Å²) in [6, 6.07) is 13.9. The third kappa shape index (κ3) is 4.75. The van der Waals surface area contributed by atoms with Crippen molar-refractivity contribution in [1.82, 2.24) is 24.8 Å². The van der Waals surface area contributed by atoms with E-state index in [1.165, 1.54) is 0 Å². The van der Waals surface area contributed by atoms with E-state index in [2.05, 4.69) is 25.4 Å². The number of guanidine groups is 1. The maximum Gasteiger partial charge on any atom is 0.193 e. The number of nitrogens with one attached hydrogen (secondary N) is 1. The number of ether oxygens (including phenoxy) is 1. The van der Waals surface area contributed by atoms with Crippen LogP contribution in [0.25, 0.3) is 5.65 Å². The van der Waals surface area contributed by atoms with Crippen LogP contribution in [-0.4, -0.2) is 59.2 Å². The number of nitrogens with zero attached hydrogens (tertiary/aromatic N) is 5. The van der Waals surface area contributed by atoms with Crippen molar-refractivity contribution in [1.29, 1.82) is 0 Å². The van der Waals surface area contributed by atoms with Gasteiger partial charge in [-0.3, -0.25) is 9.39 Å². The molecule has 27 heavy (non-hydrogen) atoms. The van der Waals surface area contributed by atoms with Crippen LogP contribution in [0.2, 0.25) is 0 Å². The number of pyridine rings is 1. The minimum Gasteiger partial charge on any atom is -0.491 e. The van der Waals surface area contributed by atoms with E-state index in [9.17, 15) is 0 Å². The molecule has 0 saturated carbocycles. The van der Waals surface area contributed by atoms with Crippen molar-refractivity contribution < 1.29 is 4.74 Å². The number of aromatic nitrogens is 3. The van der Waals surface area contributed by atoms with Crippen LogP contribution in [0.1, 0.15) is 11.4 Å². The summed E-state index contributed by atoms with van der Waals surface area (Å²) >= 11 is 0. The van der Waals surface area contributed by atoms with E-state index < -0.39 is 0 Å². The van der Waals surface area contributed by atoms with Gasteiger partial charge in [0.05, 0.1) is 6.54 Å². The van der Waals surface area contributed by atoms with Crippen molar-refractivity contribution in [3.05, 3.63) is 60.0 Å². The summed E-state index contributed by atoms with van der Waals surface area (Å²) in [6.45, 7) is 4.11. The lowest BCUT2D eigenvalue weighted by molar-refractivity contribution is 0.280. The van der Waals surface area contributed by atoms with E-state index in [-0.39, 0.29) is 0 Å². The Hall–Kier alpha value is -3.09. The molecule has 142 valence electrons. The van der Waals surface area contributed by atoms with Gasteiger partial charge in [-0.05, 0) is 30.7 Å². The van der Waals surface area contributed by atoms with Crippen molar-refractivity contribution in [3.8, 4) is 5.75 Å². The molecule has 0 amide bonds. The van der Waals surface area contributed by atoms with Gasteiger partial charge in [-0.25, -0.2) is 0 Å². The molecular formula is C20H26N6O. The monoisotopic (exact) mass is 366 g/mol. The number of fused-ring (bicyclic) bond motifs is 1. The van der Waals surface area contributed by atoms with Gasteiger partial charge in [0.15, 0.2) is 11.6 Å². The van der Waals surface area contributed by atoms with Gasteiger partial charge in [-0.2, -0.15) is 0 Å². The lowest BCUT2D eigenvalue weighted by atomic mass is 10.2. The van der Waals surface area contributed by atoms with Crippen LogP contribution in [0.5, 0.6) is 5.75 Å². The quantitative estimate of drug-likeness (QED) is 0.513. The summed E-state index contributed by atoms with van der Waals surface area (Å²) in [5.74, 6) is 2.68. The lowest BCUT2D eigenvalue weighted by Crippen LogP contribution is -2.41. The molecule has 0 fully saturated rings. The molecule has 2 aromatic heterocycles. The average molecular weight is 366 g/mol. The highest BCUT2D eigenvalue weighted by Gasteiger charge is 2.08. The molecule has 0 saturated heterocycles. The fraction of sp³-hybridized carbons (Fsp3) is 0.350. The normalized spacial score (nSPS) is 11.6. The van der Waals surface area contributed by atoms with Crippen LogP contribution in [-0.2, 0) is 6.42 Å². The van der Waals surface area contributed by atoms with Crippen molar-refractivity contribution in [2.24, 2.45) is 4.99 Å². The average Bonchev–Trinajstić information content (AvgIpc) is 3.10. The number of hydrogen-bond acceptors (Lipinski definition) is 4. The highest BCUT2D eigenvalue weighted by atomic mass is 16.5. The Balaban J connectivity index is 1.46. The summed E-state index contributed by atoms with van der Waals surface area (Å²) in [5.41, 5.74) is 2.01. The summed E-state index contributed by atoms with van der Waals surface area (Å²) < 4.78 is 7.87. The van der Waals surface area contributed by atoms with Crippen molar-refractivity contribution in [2.45, 2.75) is 13.3 Å². The van der Waals surface area contributed by atoms with Crippen molar-refractivity contribution in [2.75, 3.05) is 33.8 Å². The van der Waals surface area contributed by atoms with Gasteiger partial charge < -0.3 is 15.0 Å². The Morgan fingerprint density at radius 2 is 2.00 bits per heavy atom. The zero-order chi connectivity index (χ0) is 19.1. The van der Waals surface area contributed by atoms with Crippen molar-refractivity contribution in [3.63, 3.8) is 0 Å². The number of likely N-dealkylation sites (N-methyl/N-ethyl adjacent to an activating group) is 1. The fourth-order valence-corrected chi connectivity index (χ4v) is 2.85. The predicted molar refractivity (Wildman–Crippen MR) is 107 cm³/mol. The molecule has 3 aromatic rings. The van der Waals surface area contributed by atoms with Gasteiger partial charge in [0, 0.05) is 33.3 Å². The summed E-state index contributed by atoms with van der Waals surface area (Å²) in [6.07, 6.45) is 2.74. The molecule has 0 unspecified atom stereocenters. The van der Waals surface area contributed by atoms with Gasteiger partial charge in [0.2, 0.25) is 0 Å². The van der Waals surface area contributed by atoms with Crippen LogP contribution >= 0.6 is 0 Å². The molecule has 1 aromatic carbocycles. The van der Waals surface area contributed by atoms with Gasteiger partial charge in [0.1, 0.15) is 18.2 Å². The maximum atomic E-state index is 5.87. The first-order valence-corrected chi connectivity index (χ1v) is 9.08. The highest BCUT2D eigenvalue weighted by molar-refractivity contribution is 5.79. The SMILES string of the molecule is CN=C(NCCc1nnc2ccccn12)N(C)CCOc1ccccc1C. The highest BCUT2D eigenvalue weighted by Crippen LogP contribution is 2.15. The molecule has 3 rings (SSSR count). The molecule has 2 heterocycles. The lowest BCUT2D eigenvalue weighted by Gasteiger charge is -2.22. The Labute approximate surface area is 159 Å². The first-order valence-electron chi connectivity index (χ1n) is 9.08. The van der Waals surface area contributed by atoms with Crippen LogP contribution < -0.4 is 10.1 Å². The molecule has 0 spiro atoms. The van der Waals surface area contributed by atoms with Gasteiger partial charge >= 0.3 is 0 Å². The predicted octanol–water partition coefficient (Wildman–Crippen LogP) is 2.17. The van der Waals surface area contributed by atoms with Gasteiger partial charge in [0.25, 0.3) is 0 Å². The molecule has 0 aliphatic rings. The first-order chi connectivity index (χ1) is 13.2. The number of rotatable bonds is 7. The summed E-state index contributed by atoms with van der Waals surface area (Å²) in [4.78, 5) is 6.40. The summed E-state index contributed by atoms with van der Waals surface area (Å²) in [5, 5.41) is 11.8. The number of para-hydroxylation sites is 1. The van der Waals surface area contributed by atoms with Crippen LogP contribution in [0, 0.1) is 6.92 Å². The largest absolute Gasteiger partial charge is 0.491 e. The van der Waals surface area contributed by atoms with Crippen LogP contribution in [0.4, 0.5) is 0 Å². The minimum atomic E-state index is 0.594. The first kappa shape index (κ1) is 18.7. The molecule has 1 N–H and O–H groups in total. The molecule has 0 radical (unpaired) electrons. The van der Waals surface area contributed by atoms with E-state index in [1.54, 1.807) is 7.05 Å². The topological polar surface area (TPSA) is 67.0 Å². The Morgan fingerprint density at radius 1 is 1.19 bits per heavy atom. The molecule has 0 bridgehead atoms. The zero-order valence-electron chi connectivity index (χ0n) is 16.1. The van der Waals surface area contributed by atoms with Crippen LogP contribution in [0.15, 0.2) is 53.7 Å². The third-order valence-corrected chi connectivity index (χ3v) is 4.37. The smallest absolute Gasteiger partial charge is 0.193 e. The van der Waals surface area contributed by atoms with E-state index in [4.69, 9.17) is 4.74 Å². The zero-order valence-corrected chi connectivity index (χ0v) is 16.1. The molecule has 0 aliphatic carbocycles. The Kier molecular flexibility index (Phi) is 6.25. The Bertz CT molecular complexity index is 904. The van der Waals surface area contributed by atoms with E-state index in [0.29, 0.717) is 6.61 Å². The second-order valence-electron chi connectivity index (χ2n) is 6.30. The van der Waals surface area contributed by atoms with Crippen molar-refractivity contribution >= 4 is 11.6 Å². The second-order valence-corrected chi connectivity index (χ2v) is 6.30. The standard InChI is InChI=1S/C20H26N6O/c1-16-8-4-5-9-17(16)27-15-14-25(3)20(21-2)22-12-11-19-24-23-18-10-6-7-13-26(18)19/h4-10,13H,11-12,14-15H2,1-3H3,(H,21,22). The van der Waals surface area contributed by atoms with E-state index >= 15 is 0 Å². The molecule has 7 nitrogen and oxygen atoms in total. The number of benzene rings is 1. The fourth-order valence-electron chi connectivity index (χ4n) is 2.85. The number of hydrogen-bond donors (Lipinski definition) is 1. The molecule has 0 atom stereocenters. The van der Waals surface area contributed by atoms with E-state index in [1.807, 2.05) is 67.0 Å². The van der Waals surface area contributed by atoms with Crippen LogP contribution in [0.3, 0.4) is 0 Å². The number of aryl methyl sites for hydroxylation is 1. The van der Waals surface area contributed by atoms with E-state index in [0.717, 1.165) is 48.3 Å². The van der Waals surface area contributed by atoms with Gasteiger partial charge in [-0.15, -0.1) is 10.2 Å². The van der Waals surface area contributed by atoms with Gasteiger partial charge in [-0.1, -0.05) is 24.3 Å². The third-order valence-electron chi connectivity index (χ3n) is 4.37. The second kappa shape index (κ2) is 9.02.